The molecule has 31 heavy (non-hydrogen) atoms. The number of likely N-dealkylation sites (tertiary alicyclic amines) is 1. The Morgan fingerprint density at radius 3 is 2.48 bits per heavy atom. The number of amides is 2. The van der Waals surface area contributed by atoms with E-state index in [2.05, 4.69) is 17.0 Å². The number of carbonyl (C=O) groups is 2. The van der Waals surface area contributed by atoms with Gasteiger partial charge in [-0.05, 0) is 44.1 Å². The molecule has 2 amide bonds. The number of nitrogens with zero attached hydrogens (tertiary/aromatic N) is 3. The Morgan fingerprint density at radius 2 is 1.81 bits per heavy atom. The molecule has 3 aliphatic rings. The third kappa shape index (κ3) is 6.20. The van der Waals surface area contributed by atoms with Crippen molar-refractivity contribution in [3.63, 3.8) is 0 Å². The first-order chi connectivity index (χ1) is 15.1. The second-order valence-corrected chi connectivity index (χ2v) is 9.01. The number of carbonyl (C=O) groups excluding carboxylic acids is 2. The quantitative estimate of drug-likeness (QED) is 0.667. The van der Waals surface area contributed by atoms with E-state index in [0.717, 1.165) is 31.6 Å². The fourth-order valence-electron chi connectivity index (χ4n) is 4.53. The summed E-state index contributed by atoms with van der Waals surface area (Å²) in [5.41, 5.74) is 1.15. The van der Waals surface area contributed by atoms with Crippen LogP contribution in [0.3, 0.4) is 0 Å². The Labute approximate surface area is 185 Å². The fraction of sp³-hybridized carbons (Fsp3) is 0.667. The van der Waals surface area contributed by atoms with Crippen molar-refractivity contribution in [3.8, 4) is 0 Å². The molecule has 2 saturated heterocycles. The minimum atomic E-state index is -0.229. The van der Waals surface area contributed by atoms with Crippen LogP contribution in [0, 0.1) is 5.92 Å². The van der Waals surface area contributed by atoms with Crippen LogP contribution in [0.4, 0.5) is 4.79 Å². The molecule has 1 aliphatic carbocycles. The Hall–Kier alpha value is -2.12. The van der Waals surface area contributed by atoms with Crippen LogP contribution in [-0.4, -0.2) is 84.8 Å². The van der Waals surface area contributed by atoms with Crippen molar-refractivity contribution in [2.45, 2.75) is 51.3 Å². The summed E-state index contributed by atoms with van der Waals surface area (Å²) in [6.07, 6.45) is 4.04. The molecule has 0 N–H and O–H groups in total. The molecule has 1 saturated carbocycles. The van der Waals surface area contributed by atoms with E-state index in [4.69, 9.17) is 9.47 Å². The van der Waals surface area contributed by atoms with Crippen LogP contribution in [0.5, 0.6) is 0 Å². The van der Waals surface area contributed by atoms with Gasteiger partial charge in [-0.15, -0.1) is 0 Å². The summed E-state index contributed by atoms with van der Waals surface area (Å²) >= 11 is 0. The summed E-state index contributed by atoms with van der Waals surface area (Å²) < 4.78 is 11.4. The topological polar surface area (TPSA) is 62.3 Å². The predicted molar refractivity (Wildman–Crippen MR) is 118 cm³/mol. The second-order valence-electron chi connectivity index (χ2n) is 9.01. The summed E-state index contributed by atoms with van der Waals surface area (Å²) in [6, 6.07) is 10.5. The van der Waals surface area contributed by atoms with Crippen molar-refractivity contribution in [2.75, 3.05) is 45.9 Å². The molecule has 7 heteroatoms. The maximum atomic E-state index is 13.2. The van der Waals surface area contributed by atoms with Gasteiger partial charge in [0.25, 0.3) is 0 Å². The summed E-state index contributed by atoms with van der Waals surface area (Å²) in [4.78, 5) is 31.2. The lowest BCUT2D eigenvalue weighted by Gasteiger charge is -2.38. The SMILES string of the molecule is CCOC(=O)N1CCC(N2CC(=O)N(Cc3ccccc3)C[C@H](OCC3CC3)C2)CC1. The van der Waals surface area contributed by atoms with Crippen molar-refractivity contribution in [1.29, 1.82) is 0 Å². The number of rotatable bonds is 7. The average molecular weight is 430 g/mol. The Balaban J connectivity index is 1.39. The zero-order valence-corrected chi connectivity index (χ0v) is 18.6. The fourth-order valence-corrected chi connectivity index (χ4v) is 4.53. The van der Waals surface area contributed by atoms with Gasteiger partial charge in [0.2, 0.25) is 5.91 Å². The van der Waals surface area contributed by atoms with Gasteiger partial charge in [0.1, 0.15) is 0 Å². The maximum Gasteiger partial charge on any atom is 0.409 e. The molecule has 7 nitrogen and oxygen atoms in total. The van der Waals surface area contributed by atoms with Gasteiger partial charge in [-0.3, -0.25) is 9.69 Å². The van der Waals surface area contributed by atoms with E-state index >= 15 is 0 Å². The summed E-state index contributed by atoms with van der Waals surface area (Å²) in [5.74, 6) is 0.858. The number of benzene rings is 1. The molecule has 1 aromatic rings. The summed E-state index contributed by atoms with van der Waals surface area (Å²) in [5, 5.41) is 0. The van der Waals surface area contributed by atoms with E-state index < -0.39 is 0 Å². The number of hydrogen-bond donors (Lipinski definition) is 0. The lowest BCUT2D eigenvalue weighted by atomic mass is 10.0. The molecule has 1 aromatic carbocycles. The van der Waals surface area contributed by atoms with Gasteiger partial charge < -0.3 is 19.3 Å². The molecule has 3 fully saturated rings. The smallest absolute Gasteiger partial charge is 0.409 e. The standard InChI is InChI=1S/C24H35N3O4/c1-2-30-24(29)25-12-10-21(11-13-25)26-15-22(31-18-20-8-9-20)16-27(23(28)17-26)14-19-6-4-3-5-7-19/h3-7,20-22H,2,8-18H2,1H3/t22-/m1/s1. The van der Waals surface area contributed by atoms with E-state index in [1.165, 1.54) is 12.8 Å². The van der Waals surface area contributed by atoms with E-state index in [0.29, 0.717) is 51.3 Å². The molecule has 0 radical (unpaired) electrons. The zero-order valence-electron chi connectivity index (χ0n) is 18.6. The van der Waals surface area contributed by atoms with Crippen molar-refractivity contribution in [3.05, 3.63) is 35.9 Å². The molecule has 170 valence electrons. The van der Waals surface area contributed by atoms with Crippen LogP contribution in [0.15, 0.2) is 30.3 Å². The van der Waals surface area contributed by atoms with Gasteiger partial charge in [-0.2, -0.15) is 0 Å². The Morgan fingerprint density at radius 1 is 1.06 bits per heavy atom. The van der Waals surface area contributed by atoms with Crippen LogP contribution >= 0.6 is 0 Å². The second kappa shape index (κ2) is 10.5. The van der Waals surface area contributed by atoms with Gasteiger partial charge in [0.15, 0.2) is 0 Å². The van der Waals surface area contributed by atoms with Crippen LogP contribution in [-0.2, 0) is 20.8 Å². The van der Waals surface area contributed by atoms with Gasteiger partial charge in [-0.1, -0.05) is 30.3 Å². The van der Waals surface area contributed by atoms with E-state index in [1.807, 2.05) is 30.0 Å². The minimum Gasteiger partial charge on any atom is -0.450 e. The number of ether oxygens (including phenoxy) is 2. The van der Waals surface area contributed by atoms with Crippen molar-refractivity contribution < 1.29 is 19.1 Å². The largest absolute Gasteiger partial charge is 0.450 e. The molecule has 0 unspecified atom stereocenters. The first-order valence-corrected chi connectivity index (χ1v) is 11.7. The Kier molecular flexibility index (Phi) is 7.45. The highest BCUT2D eigenvalue weighted by Crippen LogP contribution is 2.30. The van der Waals surface area contributed by atoms with E-state index in [1.54, 1.807) is 4.90 Å². The molecule has 4 rings (SSSR count). The molecule has 2 aliphatic heterocycles. The third-order valence-electron chi connectivity index (χ3n) is 6.54. The van der Waals surface area contributed by atoms with Crippen molar-refractivity contribution >= 4 is 12.0 Å². The van der Waals surface area contributed by atoms with Gasteiger partial charge in [-0.25, -0.2) is 4.79 Å². The van der Waals surface area contributed by atoms with Crippen LogP contribution in [0.2, 0.25) is 0 Å². The third-order valence-corrected chi connectivity index (χ3v) is 6.54. The van der Waals surface area contributed by atoms with E-state index in [-0.39, 0.29) is 18.1 Å². The highest BCUT2D eigenvalue weighted by atomic mass is 16.6. The molecular weight excluding hydrogens is 394 g/mol. The maximum absolute atomic E-state index is 13.2. The summed E-state index contributed by atoms with van der Waals surface area (Å²) in [6.45, 7) is 6.83. The first-order valence-electron chi connectivity index (χ1n) is 11.7. The highest BCUT2D eigenvalue weighted by Gasteiger charge is 2.35. The van der Waals surface area contributed by atoms with Crippen LogP contribution in [0.25, 0.3) is 0 Å². The molecule has 0 spiro atoms. The van der Waals surface area contributed by atoms with Crippen LogP contribution in [0.1, 0.15) is 38.2 Å². The lowest BCUT2D eigenvalue weighted by molar-refractivity contribution is -0.132. The molecule has 2 heterocycles. The normalized spacial score (nSPS) is 23.6. The molecular formula is C24H35N3O4. The van der Waals surface area contributed by atoms with Gasteiger partial charge in [0.05, 0.1) is 19.3 Å². The molecule has 0 bridgehead atoms. The number of piperidine rings is 1. The monoisotopic (exact) mass is 429 g/mol. The van der Waals surface area contributed by atoms with Gasteiger partial charge in [0, 0.05) is 45.4 Å². The van der Waals surface area contributed by atoms with Crippen LogP contribution < -0.4 is 0 Å². The summed E-state index contributed by atoms with van der Waals surface area (Å²) in [7, 11) is 0. The zero-order chi connectivity index (χ0) is 21.6. The van der Waals surface area contributed by atoms with Crippen molar-refractivity contribution in [2.24, 2.45) is 5.92 Å². The average Bonchev–Trinajstić information content (AvgIpc) is 3.62. The number of hydrogen-bond acceptors (Lipinski definition) is 5. The predicted octanol–water partition coefficient (Wildman–Crippen LogP) is 2.75. The highest BCUT2D eigenvalue weighted by molar-refractivity contribution is 5.78. The van der Waals surface area contributed by atoms with E-state index in [9.17, 15) is 9.59 Å². The lowest BCUT2D eigenvalue weighted by Crippen LogP contribution is -2.49. The minimum absolute atomic E-state index is 0.0267. The molecule has 1 atom stereocenters. The van der Waals surface area contributed by atoms with Crippen molar-refractivity contribution in [1.82, 2.24) is 14.7 Å². The molecule has 0 aromatic heterocycles. The Bertz CT molecular complexity index is 732. The van der Waals surface area contributed by atoms with Gasteiger partial charge >= 0.3 is 6.09 Å². The first kappa shape index (κ1) is 22.1.